The van der Waals surface area contributed by atoms with Crippen molar-refractivity contribution in [3.63, 3.8) is 0 Å². The first-order valence-electron chi connectivity index (χ1n) is 7.59. The number of nitrogens with one attached hydrogen (secondary N) is 2. The van der Waals surface area contributed by atoms with Crippen molar-refractivity contribution in [1.82, 2.24) is 10.6 Å². The lowest BCUT2D eigenvalue weighted by molar-refractivity contribution is -0.137. The number of nitrogens with zero attached hydrogens (tertiary/aromatic N) is 1. The van der Waals surface area contributed by atoms with Crippen molar-refractivity contribution in [1.29, 1.82) is 0 Å². The first-order chi connectivity index (χ1) is 10.6. The molecule has 122 valence electrons. The second-order valence-corrected chi connectivity index (χ2v) is 5.14. The van der Waals surface area contributed by atoms with Gasteiger partial charge >= 0.3 is 12.0 Å². The first kappa shape index (κ1) is 17.8. The summed E-state index contributed by atoms with van der Waals surface area (Å²) in [7, 11) is 2.05. The van der Waals surface area contributed by atoms with Gasteiger partial charge < -0.3 is 20.6 Å². The fourth-order valence-electron chi connectivity index (χ4n) is 1.99. The summed E-state index contributed by atoms with van der Waals surface area (Å²) >= 11 is 0. The lowest BCUT2D eigenvalue weighted by Gasteiger charge is -2.19. The molecule has 0 saturated heterocycles. The van der Waals surface area contributed by atoms with Crippen LogP contribution in [-0.4, -0.2) is 43.8 Å². The molecule has 1 aromatic rings. The third-order valence-corrected chi connectivity index (χ3v) is 3.26. The second-order valence-electron chi connectivity index (χ2n) is 5.14. The number of para-hydroxylation sites is 1. The molecule has 6 heteroatoms. The van der Waals surface area contributed by atoms with Gasteiger partial charge in [0.05, 0.1) is 0 Å². The number of aliphatic carboxylic acids is 1. The number of carboxylic acids is 1. The van der Waals surface area contributed by atoms with Gasteiger partial charge in [-0.25, -0.2) is 4.79 Å². The molecular formula is C16H25N3O3. The lowest BCUT2D eigenvalue weighted by Crippen LogP contribution is -2.36. The van der Waals surface area contributed by atoms with Crippen LogP contribution in [0.3, 0.4) is 0 Å². The van der Waals surface area contributed by atoms with Crippen LogP contribution in [0, 0.1) is 0 Å². The molecule has 0 aliphatic heterocycles. The second kappa shape index (κ2) is 10.5. The quantitative estimate of drug-likeness (QED) is 0.578. The van der Waals surface area contributed by atoms with Crippen molar-refractivity contribution >= 4 is 17.7 Å². The van der Waals surface area contributed by atoms with Crippen LogP contribution in [0.15, 0.2) is 30.3 Å². The average Bonchev–Trinajstić information content (AvgIpc) is 2.51. The largest absolute Gasteiger partial charge is 0.481 e. The van der Waals surface area contributed by atoms with E-state index >= 15 is 0 Å². The Morgan fingerprint density at radius 1 is 1.05 bits per heavy atom. The van der Waals surface area contributed by atoms with E-state index in [1.807, 2.05) is 18.2 Å². The Bertz CT molecular complexity index is 451. The van der Waals surface area contributed by atoms with Crippen molar-refractivity contribution in [2.45, 2.75) is 25.7 Å². The molecule has 0 fully saturated rings. The Morgan fingerprint density at radius 3 is 2.32 bits per heavy atom. The van der Waals surface area contributed by atoms with Crippen LogP contribution in [0.25, 0.3) is 0 Å². The minimum absolute atomic E-state index is 0.0755. The molecule has 0 saturated carbocycles. The maximum absolute atomic E-state index is 11.4. The van der Waals surface area contributed by atoms with Gasteiger partial charge in [0, 0.05) is 38.8 Å². The highest BCUT2D eigenvalue weighted by molar-refractivity contribution is 5.73. The van der Waals surface area contributed by atoms with E-state index in [9.17, 15) is 9.59 Å². The number of benzene rings is 1. The van der Waals surface area contributed by atoms with Crippen LogP contribution >= 0.6 is 0 Å². The van der Waals surface area contributed by atoms with Crippen LogP contribution < -0.4 is 15.5 Å². The summed E-state index contributed by atoms with van der Waals surface area (Å²) in [6, 6.07) is 9.94. The minimum atomic E-state index is -0.843. The molecule has 0 heterocycles. The zero-order valence-electron chi connectivity index (χ0n) is 13.0. The zero-order valence-corrected chi connectivity index (χ0v) is 13.0. The molecule has 0 aliphatic rings. The molecule has 0 atom stereocenters. The maximum Gasteiger partial charge on any atom is 0.314 e. The van der Waals surface area contributed by atoms with Gasteiger partial charge in [0.2, 0.25) is 0 Å². The third-order valence-electron chi connectivity index (χ3n) is 3.26. The Kier molecular flexibility index (Phi) is 8.49. The van der Waals surface area contributed by atoms with E-state index in [0.717, 1.165) is 19.4 Å². The van der Waals surface area contributed by atoms with Gasteiger partial charge in [-0.05, 0) is 31.4 Å². The van der Waals surface area contributed by atoms with Crippen LogP contribution in [0.4, 0.5) is 10.5 Å². The van der Waals surface area contributed by atoms with Crippen molar-refractivity contribution in [3.8, 4) is 0 Å². The highest BCUT2D eigenvalue weighted by Crippen LogP contribution is 2.11. The molecule has 1 rings (SSSR count). The van der Waals surface area contributed by atoms with Crippen LogP contribution in [0.1, 0.15) is 25.7 Å². The predicted molar refractivity (Wildman–Crippen MR) is 87.2 cm³/mol. The van der Waals surface area contributed by atoms with Crippen LogP contribution in [0.2, 0.25) is 0 Å². The highest BCUT2D eigenvalue weighted by Gasteiger charge is 2.02. The summed E-state index contributed by atoms with van der Waals surface area (Å²) in [5.41, 5.74) is 1.19. The van der Waals surface area contributed by atoms with Crippen molar-refractivity contribution in [2.75, 3.05) is 31.6 Å². The summed E-state index contributed by atoms with van der Waals surface area (Å²) in [5.74, 6) is -0.843. The molecule has 0 unspecified atom stereocenters. The SMILES string of the molecule is CN(CCCCNC(=O)NCCCC(=O)O)c1ccccc1. The van der Waals surface area contributed by atoms with E-state index in [-0.39, 0.29) is 12.5 Å². The smallest absolute Gasteiger partial charge is 0.314 e. The van der Waals surface area contributed by atoms with Crippen molar-refractivity contribution in [2.24, 2.45) is 0 Å². The molecule has 0 bridgehead atoms. The molecule has 6 nitrogen and oxygen atoms in total. The van der Waals surface area contributed by atoms with E-state index in [1.54, 1.807) is 0 Å². The monoisotopic (exact) mass is 307 g/mol. The minimum Gasteiger partial charge on any atom is -0.481 e. The molecule has 0 radical (unpaired) electrons. The summed E-state index contributed by atoms with van der Waals surface area (Å²) in [6.45, 7) is 1.94. The highest BCUT2D eigenvalue weighted by atomic mass is 16.4. The van der Waals surface area contributed by atoms with Gasteiger partial charge in [-0.1, -0.05) is 18.2 Å². The van der Waals surface area contributed by atoms with E-state index in [2.05, 4.69) is 34.7 Å². The fourth-order valence-corrected chi connectivity index (χ4v) is 1.99. The molecule has 0 spiro atoms. The van der Waals surface area contributed by atoms with Gasteiger partial charge in [0.15, 0.2) is 0 Å². The lowest BCUT2D eigenvalue weighted by atomic mass is 10.2. The Hall–Kier alpha value is -2.24. The van der Waals surface area contributed by atoms with Crippen LogP contribution in [0.5, 0.6) is 0 Å². The van der Waals surface area contributed by atoms with Gasteiger partial charge in [-0.3, -0.25) is 4.79 Å². The number of rotatable bonds is 10. The summed E-state index contributed by atoms with van der Waals surface area (Å²) < 4.78 is 0. The number of amides is 2. The predicted octanol–water partition coefficient (Wildman–Crippen LogP) is 2.07. The number of carbonyl (C=O) groups excluding carboxylic acids is 1. The van der Waals surface area contributed by atoms with Crippen molar-refractivity contribution < 1.29 is 14.7 Å². The van der Waals surface area contributed by atoms with Gasteiger partial charge in [-0.15, -0.1) is 0 Å². The number of anilines is 1. The Balaban J connectivity index is 2.01. The normalized spacial score (nSPS) is 10.0. The van der Waals surface area contributed by atoms with Gasteiger partial charge in [-0.2, -0.15) is 0 Å². The topological polar surface area (TPSA) is 81.7 Å². The van der Waals surface area contributed by atoms with E-state index < -0.39 is 5.97 Å². The Labute approximate surface area is 131 Å². The molecule has 22 heavy (non-hydrogen) atoms. The average molecular weight is 307 g/mol. The fraction of sp³-hybridized carbons (Fsp3) is 0.500. The molecule has 1 aromatic carbocycles. The number of hydrogen-bond acceptors (Lipinski definition) is 3. The molecular weight excluding hydrogens is 282 g/mol. The van der Waals surface area contributed by atoms with Crippen LogP contribution in [-0.2, 0) is 4.79 Å². The summed E-state index contributed by atoms with van der Waals surface area (Å²) in [6.07, 6.45) is 2.42. The number of carbonyl (C=O) groups is 2. The van der Waals surface area contributed by atoms with Gasteiger partial charge in [0.25, 0.3) is 0 Å². The standard InChI is InChI=1S/C16H25N3O3/c1-19(14-8-3-2-4-9-14)13-6-5-11-17-16(22)18-12-7-10-15(20)21/h2-4,8-9H,5-7,10-13H2,1H3,(H,20,21)(H2,17,18,22). The molecule has 0 aliphatic carbocycles. The summed E-state index contributed by atoms with van der Waals surface area (Å²) in [5, 5.41) is 13.9. The zero-order chi connectivity index (χ0) is 16.2. The molecule has 0 aromatic heterocycles. The van der Waals surface area contributed by atoms with E-state index in [4.69, 9.17) is 5.11 Å². The number of carboxylic acid groups (broad SMARTS) is 1. The van der Waals surface area contributed by atoms with Crippen molar-refractivity contribution in [3.05, 3.63) is 30.3 Å². The third kappa shape index (κ3) is 8.14. The summed E-state index contributed by atoms with van der Waals surface area (Å²) in [4.78, 5) is 23.9. The molecule has 3 N–H and O–H groups in total. The Morgan fingerprint density at radius 2 is 1.68 bits per heavy atom. The molecule has 2 amide bonds. The first-order valence-corrected chi connectivity index (χ1v) is 7.59. The van der Waals surface area contributed by atoms with E-state index in [1.165, 1.54) is 5.69 Å². The number of unbranched alkanes of at least 4 members (excludes halogenated alkanes) is 1. The van der Waals surface area contributed by atoms with E-state index in [0.29, 0.717) is 19.5 Å². The maximum atomic E-state index is 11.4. The van der Waals surface area contributed by atoms with Gasteiger partial charge in [0.1, 0.15) is 0 Å². The number of urea groups is 1. The number of hydrogen-bond donors (Lipinski definition) is 3.